The second kappa shape index (κ2) is 4.25. The molecule has 4 nitrogen and oxygen atoms in total. The smallest absolute Gasteiger partial charge is 0.134 e. The van der Waals surface area contributed by atoms with Crippen molar-refractivity contribution in [2.75, 3.05) is 0 Å². The minimum absolute atomic E-state index is 0.0825. The highest BCUT2D eigenvalue weighted by molar-refractivity contribution is 5.27. The largest absolute Gasteiger partial charge is 0.374 e. The van der Waals surface area contributed by atoms with Crippen LogP contribution in [0, 0.1) is 5.41 Å². The normalized spacial score (nSPS) is 38.0. The lowest BCUT2D eigenvalue weighted by atomic mass is 9.74. The molecule has 4 rings (SSSR count). The number of nitrogens with two attached hydrogens (primary N) is 1. The molecule has 2 aliphatic heterocycles. The Bertz CT molecular complexity index is 543. The van der Waals surface area contributed by atoms with Crippen molar-refractivity contribution in [1.82, 2.24) is 9.97 Å². The summed E-state index contributed by atoms with van der Waals surface area (Å²) in [4.78, 5) is 9.51. The molecule has 4 unspecified atom stereocenters. The van der Waals surface area contributed by atoms with E-state index >= 15 is 0 Å². The maximum Gasteiger partial charge on any atom is 0.134 e. The van der Waals surface area contributed by atoms with Crippen LogP contribution < -0.4 is 5.73 Å². The molecule has 4 heteroatoms. The molecular weight excluding hydrogens is 250 g/mol. The van der Waals surface area contributed by atoms with E-state index < -0.39 is 0 Å². The summed E-state index contributed by atoms with van der Waals surface area (Å²) in [5.41, 5.74) is 8.84. The number of hydrogen-bond donors (Lipinski definition) is 1. The Morgan fingerprint density at radius 2 is 2.20 bits per heavy atom. The van der Waals surface area contributed by atoms with E-state index in [1.54, 1.807) is 0 Å². The van der Waals surface area contributed by atoms with Crippen molar-refractivity contribution in [2.24, 2.45) is 11.1 Å². The fraction of sp³-hybridized carbons (Fsp3) is 0.750. The lowest BCUT2D eigenvalue weighted by molar-refractivity contribution is 0.0998. The summed E-state index contributed by atoms with van der Waals surface area (Å²) in [6.45, 7) is 4.55. The van der Waals surface area contributed by atoms with Gasteiger partial charge in [0.25, 0.3) is 0 Å². The molecule has 2 bridgehead atoms. The molecule has 2 N–H and O–H groups in total. The van der Waals surface area contributed by atoms with Crippen LogP contribution in [-0.2, 0) is 11.2 Å². The highest BCUT2D eigenvalue weighted by atomic mass is 16.5. The van der Waals surface area contributed by atoms with Crippen molar-refractivity contribution in [2.45, 2.75) is 70.1 Å². The summed E-state index contributed by atoms with van der Waals surface area (Å²) in [7, 11) is 0. The molecule has 0 aromatic carbocycles. The Labute approximate surface area is 120 Å². The van der Waals surface area contributed by atoms with Gasteiger partial charge in [-0.15, -0.1) is 0 Å². The Morgan fingerprint density at radius 1 is 1.35 bits per heavy atom. The first-order valence-corrected chi connectivity index (χ1v) is 7.79. The lowest BCUT2D eigenvalue weighted by Gasteiger charge is -2.34. The number of rotatable bonds is 1. The maximum atomic E-state index is 6.28. The van der Waals surface area contributed by atoms with Crippen molar-refractivity contribution in [3.05, 3.63) is 23.3 Å². The minimum atomic E-state index is 0.0825. The molecule has 2 fully saturated rings. The van der Waals surface area contributed by atoms with Crippen LogP contribution in [-0.4, -0.2) is 22.2 Å². The van der Waals surface area contributed by atoms with E-state index in [-0.39, 0.29) is 11.5 Å². The quantitative estimate of drug-likeness (QED) is 0.854. The van der Waals surface area contributed by atoms with Crippen molar-refractivity contribution < 1.29 is 4.74 Å². The average Bonchev–Trinajstić information content (AvgIpc) is 2.98. The highest BCUT2D eigenvalue weighted by Gasteiger charge is 2.43. The summed E-state index contributed by atoms with van der Waals surface area (Å²) in [5.74, 6) is 1.39. The first-order valence-electron chi connectivity index (χ1n) is 7.79. The molecule has 0 radical (unpaired) electrons. The van der Waals surface area contributed by atoms with Crippen LogP contribution in [0.4, 0.5) is 0 Å². The van der Waals surface area contributed by atoms with Crippen LogP contribution >= 0.6 is 0 Å². The standard InChI is InChI=1S/C16H23N3O/c1-16(2)6-12(17)11-8-18-15(19-13(11)7-16)10-5-9-3-4-14(10)20-9/h8-10,12,14H,3-7,17H2,1-2H3. The van der Waals surface area contributed by atoms with Crippen molar-refractivity contribution >= 4 is 0 Å². The molecule has 20 heavy (non-hydrogen) atoms. The number of aromatic nitrogens is 2. The van der Waals surface area contributed by atoms with Crippen LogP contribution in [0.15, 0.2) is 6.20 Å². The third-order valence-electron chi connectivity index (χ3n) is 5.17. The summed E-state index contributed by atoms with van der Waals surface area (Å²) < 4.78 is 5.94. The van der Waals surface area contributed by atoms with Gasteiger partial charge in [0.05, 0.1) is 12.2 Å². The number of fused-ring (bicyclic) bond motifs is 3. The summed E-state index contributed by atoms with van der Waals surface area (Å²) >= 11 is 0. The Balaban J connectivity index is 1.67. The first kappa shape index (κ1) is 12.7. The van der Waals surface area contributed by atoms with E-state index in [1.165, 1.54) is 18.5 Å². The topological polar surface area (TPSA) is 61.0 Å². The molecule has 2 saturated heterocycles. The third-order valence-corrected chi connectivity index (χ3v) is 5.17. The first-order chi connectivity index (χ1) is 9.52. The van der Waals surface area contributed by atoms with Gasteiger partial charge in [-0.1, -0.05) is 13.8 Å². The van der Waals surface area contributed by atoms with Crippen LogP contribution in [0.5, 0.6) is 0 Å². The monoisotopic (exact) mass is 273 g/mol. The second-order valence-corrected chi connectivity index (χ2v) is 7.50. The van der Waals surface area contributed by atoms with Crippen LogP contribution in [0.25, 0.3) is 0 Å². The minimum Gasteiger partial charge on any atom is -0.374 e. The average molecular weight is 273 g/mol. The van der Waals surface area contributed by atoms with Gasteiger partial charge in [0, 0.05) is 29.4 Å². The molecule has 108 valence electrons. The zero-order chi connectivity index (χ0) is 13.9. The van der Waals surface area contributed by atoms with Crippen molar-refractivity contribution in [3.63, 3.8) is 0 Å². The zero-order valence-electron chi connectivity index (χ0n) is 12.3. The number of ether oxygens (including phenoxy) is 1. The Kier molecular flexibility index (Phi) is 2.70. The molecule has 4 atom stereocenters. The van der Waals surface area contributed by atoms with Gasteiger partial charge < -0.3 is 10.5 Å². The molecule has 1 aromatic heterocycles. The predicted octanol–water partition coefficient (Wildman–Crippen LogP) is 2.48. The van der Waals surface area contributed by atoms with E-state index in [4.69, 9.17) is 15.5 Å². The molecule has 1 aromatic rings. The van der Waals surface area contributed by atoms with Gasteiger partial charge in [0.15, 0.2) is 0 Å². The Hall–Kier alpha value is -1.00. The number of hydrogen-bond acceptors (Lipinski definition) is 4. The molecule has 0 amide bonds. The van der Waals surface area contributed by atoms with Gasteiger partial charge in [0.2, 0.25) is 0 Å². The van der Waals surface area contributed by atoms with Gasteiger partial charge in [-0.05, 0) is 37.5 Å². The van der Waals surface area contributed by atoms with Gasteiger partial charge in [-0.2, -0.15) is 0 Å². The Morgan fingerprint density at radius 3 is 2.90 bits per heavy atom. The summed E-state index contributed by atoms with van der Waals surface area (Å²) in [6, 6.07) is 0.0825. The van der Waals surface area contributed by atoms with Gasteiger partial charge in [-0.25, -0.2) is 9.97 Å². The van der Waals surface area contributed by atoms with Crippen LogP contribution in [0.1, 0.15) is 68.6 Å². The maximum absolute atomic E-state index is 6.28. The predicted molar refractivity (Wildman–Crippen MR) is 76.3 cm³/mol. The fourth-order valence-corrected chi connectivity index (χ4v) is 4.21. The second-order valence-electron chi connectivity index (χ2n) is 7.50. The van der Waals surface area contributed by atoms with Gasteiger partial charge in [-0.3, -0.25) is 0 Å². The van der Waals surface area contributed by atoms with Crippen molar-refractivity contribution in [1.29, 1.82) is 0 Å². The lowest BCUT2D eigenvalue weighted by Crippen LogP contribution is -2.31. The van der Waals surface area contributed by atoms with Crippen LogP contribution in [0.2, 0.25) is 0 Å². The van der Waals surface area contributed by atoms with E-state index in [2.05, 4.69) is 18.8 Å². The number of nitrogens with zero attached hydrogens (tertiary/aromatic N) is 2. The molecule has 3 aliphatic rings. The van der Waals surface area contributed by atoms with Gasteiger partial charge in [0.1, 0.15) is 5.82 Å². The van der Waals surface area contributed by atoms with Crippen molar-refractivity contribution in [3.8, 4) is 0 Å². The summed E-state index contributed by atoms with van der Waals surface area (Å²) in [5, 5.41) is 0. The van der Waals surface area contributed by atoms with E-state index in [9.17, 15) is 0 Å². The van der Waals surface area contributed by atoms with E-state index in [1.807, 2.05) is 6.20 Å². The molecular formula is C16H23N3O. The van der Waals surface area contributed by atoms with E-state index in [0.717, 1.165) is 30.7 Å². The summed E-state index contributed by atoms with van der Waals surface area (Å²) in [6.07, 6.45) is 8.27. The van der Waals surface area contributed by atoms with Gasteiger partial charge >= 0.3 is 0 Å². The third kappa shape index (κ3) is 1.97. The van der Waals surface area contributed by atoms with E-state index in [0.29, 0.717) is 18.1 Å². The molecule has 0 spiro atoms. The molecule has 3 heterocycles. The highest BCUT2D eigenvalue weighted by Crippen LogP contribution is 2.44. The molecule has 1 aliphatic carbocycles. The zero-order valence-corrected chi connectivity index (χ0v) is 12.3. The SMILES string of the molecule is CC1(C)Cc2nc(C3CC4CCC3O4)ncc2C(N)C1. The van der Waals surface area contributed by atoms with Crippen LogP contribution in [0.3, 0.4) is 0 Å². The fourth-order valence-electron chi connectivity index (χ4n) is 4.21. The molecule has 0 saturated carbocycles.